The number of rotatable bonds is 9. The number of esters is 2. The van der Waals surface area contributed by atoms with Gasteiger partial charge in [-0.05, 0) is 33.3 Å². The van der Waals surface area contributed by atoms with E-state index in [4.69, 9.17) is 14.2 Å². The molecular weight excluding hydrogens is 380 g/mol. The number of benzene rings is 1. The second-order valence-corrected chi connectivity index (χ2v) is 7.07. The average molecular weight is 408 g/mol. The predicted molar refractivity (Wildman–Crippen MR) is 104 cm³/mol. The zero-order valence-electron chi connectivity index (χ0n) is 17.2. The zero-order chi connectivity index (χ0) is 21.9. The number of nitrogens with one attached hydrogen (secondary N) is 2. The molecule has 9 heteroatoms. The van der Waals surface area contributed by atoms with Gasteiger partial charge < -0.3 is 24.8 Å². The Morgan fingerprint density at radius 2 is 1.66 bits per heavy atom. The van der Waals surface area contributed by atoms with Gasteiger partial charge in [0.1, 0.15) is 24.8 Å². The molecule has 1 unspecified atom stereocenters. The largest absolute Gasteiger partial charge is 0.465 e. The number of carbonyl (C=O) groups is 4. The van der Waals surface area contributed by atoms with Gasteiger partial charge in [-0.3, -0.25) is 14.4 Å². The van der Waals surface area contributed by atoms with Crippen molar-refractivity contribution in [2.24, 2.45) is 0 Å². The van der Waals surface area contributed by atoms with Crippen molar-refractivity contribution in [1.29, 1.82) is 0 Å². The number of carbonyl (C=O) groups excluding carboxylic acids is 4. The third-order valence-corrected chi connectivity index (χ3v) is 3.33. The van der Waals surface area contributed by atoms with E-state index >= 15 is 0 Å². The van der Waals surface area contributed by atoms with E-state index in [0.717, 1.165) is 5.56 Å². The fourth-order valence-electron chi connectivity index (χ4n) is 2.12. The molecule has 1 rings (SSSR count). The molecule has 2 amide bonds. The van der Waals surface area contributed by atoms with Gasteiger partial charge in [0.25, 0.3) is 0 Å². The quantitative estimate of drug-likeness (QED) is 0.471. The summed E-state index contributed by atoms with van der Waals surface area (Å²) in [7, 11) is 0. The summed E-state index contributed by atoms with van der Waals surface area (Å²) in [4.78, 5) is 48.0. The van der Waals surface area contributed by atoms with E-state index < -0.39 is 48.5 Å². The van der Waals surface area contributed by atoms with Gasteiger partial charge in [0.05, 0.1) is 13.0 Å². The normalized spacial score (nSPS) is 11.7. The van der Waals surface area contributed by atoms with Crippen LogP contribution in [-0.4, -0.2) is 48.7 Å². The molecule has 2 N–H and O–H groups in total. The van der Waals surface area contributed by atoms with Crippen molar-refractivity contribution in [3.8, 4) is 0 Å². The van der Waals surface area contributed by atoms with Crippen LogP contribution in [0.4, 0.5) is 4.79 Å². The molecule has 9 nitrogen and oxygen atoms in total. The lowest BCUT2D eigenvalue weighted by Gasteiger charge is -2.23. The highest BCUT2D eigenvalue weighted by Gasteiger charge is 2.27. The van der Waals surface area contributed by atoms with E-state index in [1.54, 1.807) is 52.0 Å². The van der Waals surface area contributed by atoms with Crippen molar-refractivity contribution >= 4 is 23.9 Å². The first-order valence-electron chi connectivity index (χ1n) is 9.23. The zero-order valence-corrected chi connectivity index (χ0v) is 17.2. The molecule has 1 aromatic rings. The highest BCUT2D eigenvalue weighted by molar-refractivity contribution is 5.91. The Morgan fingerprint density at radius 1 is 1.00 bits per heavy atom. The minimum atomic E-state index is -1.28. The SMILES string of the molecule is CCOC(=O)CNC(=O)C(CC(=O)OCc1ccccc1)NC(=O)OC(C)(C)C. The third-order valence-electron chi connectivity index (χ3n) is 3.33. The van der Waals surface area contributed by atoms with E-state index in [1.165, 1.54) is 0 Å². The van der Waals surface area contributed by atoms with E-state index in [-0.39, 0.29) is 13.2 Å². The van der Waals surface area contributed by atoms with Gasteiger partial charge in [-0.1, -0.05) is 30.3 Å². The van der Waals surface area contributed by atoms with Gasteiger partial charge in [0.2, 0.25) is 5.91 Å². The fraction of sp³-hybridized carbons (Fsp3) is 0.500. The fourth-order valence-corrected chi connectivity index (χ4v) is 2.12. The maximum absolute atomic E-state index is 12.4. The van der Waals surface area contributed by atoms with E-state index in [0.29, 0.717) is 0 Å². The molecule has 0 bridgehead atoms. The molecule has 0 spiro atoms. The Bertz CT molecular complexity index is 699. The number of ether oxygens (including phenoxy) is 3. The Hall–Kier alpha value is -3.10. The van der Waals surface area contributed by atoms with Crippen molar-refractivity contribution < 1.29 is 33.4 Å². The van der Waals surface area contributed by atoms with Crippen LogP contribution in [0.5, 0.6) is 0 Å². The van der Waals surface area contributed by atoms with Crippen LogP contribution in [-0.2, 0) is 35.2 Å². The lowest BCUT2D eigenvalue weighted by Crippen LogP contribution is -2.50. The monoisotopic (exact) mass is 408 g/mol. The summed E-state index contributed by atoms with van der Waals surface area (Å²) in [6.45, 7) is 6.43. The van der Waals surface area contributed by atoms with E-state index in [1.807, 2.05) is 6.07 Å². The molecule has 1 atom stereocenters. The van der Waals surface area contributed by atoms with Crippen LogP contribution >= 0.6 is 0 Å². The van der Waals surface area contributed by atoms with Crippen LogP contribution < -0.4 is 10.6 Å². The topological polar surface area (TPSA) is 120 Å². The molecule has 1 aromatic carbocycles. The molecular formula is C20H28N2O7. The first kappa shape index (κ1) is 23.9. The minimum absolute atomic E-state index is 0.0310. The molecule has 0 radical (unpaired) electrons. The summed E-state index contributed by atoms with van der Waals surface area (Å²) in [5.41, 5.74) is -0.00611. The van der Waals surface area contributed by atoms with Crippen LogP contribution in [0.1, 0.15) is 39.7 Å². The summed E-state index contributed by atoms with van der Waals surface area (Å²) in [5, 5.41) is 4.66. The van der Waals surface area contributed by atoms with E-state index in [2.05, 4.69) is 10.6 Å². The van der Waals surface area contributed by atoms with E-state index in [9.17, 15) is 19.2 Å². The Labute approximate surface area is 170 Å². The van der Waals surface area contributed by atoms with Crippen LogP contribution in [0.15, 0.2) is 30.3 Å². The first-order valence-corrected chi connectivity index (χ1v) is 9.23. The van der Waals surface area contributed by atoms with Crippen molar-refractivity contribution in [2.45, 2.75) is 52.4 Å². The molecule has 0 aromatic heterocycles. The van der Waals surface area contributed by atoms with Crippen molar-refractivity contribution in [1.82, 2.24) is 10.6 Å². The molecule has 160 valence electrons. The molecule has 0 aliphatic rings. The molecule has 0 saturated carbocycles. The summed E-state index contributed by atoms with van der Waals surface area (Å²) in [6.07, 6.45) is -1.30. The number of hydrogen-bond acceptors (Lipinski definition) is 7. The number of hydrogen-bond donors (Lipinski definition) is 2. The van der Waals surface area contributed by atoms with Crippen LogP contribution in [0.3, 0.4) is 0 Å². The minimum Gasteiger partial charge on any atom is -0.465 e. The lowest BCUT2D eigenvalue weighted by atomic mass is 10.2. The highest BCUT2D eigenvalue weighted by atomic mass is 16.6. The smallest absolute Gasteiger partial charge is 0.408 e. The Morgan fingerprint density at radius 3 is 2.24 bits per heavy atom. The Balaban J connectivity index is 2.69. The molecule has 0 fully saturated rings. The van der Waals surface area contributed by atoms with Gasteiger partial charge >= 0.3 is 18.0 Å². The number of amides is 2. The predicted octanol–water partition coefficient (Wildman–Crippen LogP) is 1.69. The van der Waals surface area contributed by atoms with Gasteiger partial charge in [0, 0.05) is 0 Å². The summed E-state index contributed by atoms with van der Waals surface area (Å²) >= 11 is 0. The lowest BCUT2D eigenvalue weighted by molar-refractivity contribution is -0.147. The van der Waals surface area contributed by atoms with Gasteiger partial charge in [-0.15, -0.1) is 0 Å². The highest BCUT2D eigenvalue weighted by Crippen LogP contribution is 2.08. The summed E-state index contributed by atoms with van der Waals surface area (Å²) < 4.78 is 15.0. The summed E-state index contributed by atoms with van der Waals surface area (Å²) in [6, 6.07) is 7.74. The Kier molecular flexibility index (Phi) is 9.64. The average Bonchev–Trinajstić information content (AvgIpc) is 2.63. The van der Waals surface area contributed by atoms with Crippen molar-refractivity contribution in [3.05, 3.63) is 35.9 Å². The standard InChI is InChI=1S/C20H28N2O7/c1-5-27-17(24)12-21-18(25)15(22-19(26)29-20(2,3)4)11-16(23)28-13-14-9-7-6-8-10-14/h6-10,15H,5,11-13H2,1-4H3,(H,21,25)(H,22,26). The van der Waals surface area contributed by atoms with Gasteiger partial charge in [-0.25, -0.2) is 4.79 Å². The van der Waals surface area contributed by atoms with Gasteiger partial charge in [-0.2, -0.15) is 0 Å². The maximum atomic E-state index is 12.4. The van der Waals surface area contributed by atoms with Gasteiger partial charge in [0.15, 0.2) is 0 Å². The van der Waals surface area contributed by atoms with Crippen LogP contribution in [0, 0.1) is 0 Å². The van der Waals surface area contributed by atoms with Crippen LogP contribution in [0.25, 0.3) is 0 Å². The molecule has 0 aliphatic heterocycles. The molecule has 29 heavy (non-hydrogen) atoms. The third kappa shape index (κ3) is 10.7. The van der Waals surface area contributed by atoms with Crippen molar-refractivity contribution in [2.75, 3.05) is 13.2 Å². The second-order valence-electron chi connectivity index (χ2n) is 7.07. The molecule has 0 heterocycles. The maximum Gasteiger partial charge on any atom is 0.408 e. The second kappa shape index (κ2) is 11.7. The van der Waals surface area contributed by atoms with Crippen molar-refractivity contribution in [3.63, 3.8) is 0 Å². The first-order chi connectivity index (χ1) is 13.6. The molecule has 0 saturated heterocycles. The summed E-state index contributed by atoms with van der Waals surface area (Å²) in [5.74, 6) is -2.06. The number of alkyl carbamates (subject to hydrolysis) is 1. The molecule has 0 aliphatic carbocycles. The van der Waals surface area contributed by atoms with Crippen LogP contribution in [0.2, 0.25) is 0 Å².